The molecule has 1 aromatic rings. The second kappa shape index (κ2) is 4.13. The van der Waals surface area contributed by atoms with Gasteiger partial charge in [-0.05, 0) is 25.0 Å². The summed E-state index contributed by atoms with van der Waals surface area (Å²) in [6, 6.07) is 5.89. The smallest absolute Gasteiger partial charge is 0.0608 e. The van der Waals surface area contributed by atoms with E-state index in [1.165, 1.54) is 0 Å². The predicted molar refractivity (Wildman–Crippen MR) is 54.2 cm³/mol. The molecule has 14 heavy (non-hydrogen) atoms. The summed E-state index contributed by atoms with van der Waals surface area (Å²) in [7, 11) is 1.76. The Kier molecular flexibility index (Phi) is 3.12. The molecule has 0 saturated carbocycles. The summed E-state index contributed by atoms with van der Waals surface area (Å²) in [6.07, 6.45) is 0. The van der Waals surface area contributed by atoms with Gasteiger partial charge in [0.1, 0.15) is 0 Å². The molecule has 1 rings (SSSR count). The molecule has 1 aromatic carbocycles. The van der Waals surface area contributed by atoms with Crippen molar-refractivity contribution in [2.45, 2.75) is 13.8 Å². The summed E-state index contributed by atoms with van der Waals surface area (Å²) in [5, 5.41) is 10.5. The van der Waals surface area contributed by atoms with Gasteiger partial charge < -0.3 is 14.8 Å². The largest absolute Gasteiger partial charge is 0.548 e. The monoisotopic (exact) mass is 192 g/mol. The number of hydrogen-bond acceptors (Lipinski definition) is 3. The Morgan fingerprint density at radius 3 is 2.29 bits per heavy atom. The number of carbonyl (C=O) groups is 1. The predicted octanol–water partition coefficient (Wildman–Crippen LogP) is 0.490. The number of para-hydroxylation sites is 1. The van der Waals surface area contributed by atoms with Crippen LogP contribution in [0.5, 0.6) is 0 Å². The Balaban J connectivity index is 2.99. The quantitative estimate of drug-likeness (QED) is 0.700. The van der Waals surface area contributed by atoms with Gasteiger partial charge in [-0.15, -0.1) is 0 Å². The van der Waals surface area contributed by atoms with E-state index in [1.54, 1.807) is 11.9 Å². The van der Waals surface area contributed by atoms with Gasteiger partial charge in [-0.3, -0.25) is 0 Å². The molecule has 3 nitrogen and oxygen atoms in total. The van der Waals surface area contributed by atoms with Gasteiger partial charge >= 0.3 is 0 Å². The van der Waals surface area contributed by atoms with E-state index in [-0.39, 0.29) is 6.54 Å². The van der Waals surface area contributed by atoms with E-state index in [0.717, 1.165) is 16.8 Å². The molecule has 3 heteroatoms. The molecule has 0 amide bonds. The maximum absolute atomic E-state index is 10.5. The number of carboxylic acids is 1. The molecule has 0 fully saturated rings. The molecule has 0 N–H and O–H groups in total. The third-order valence-corrected chi connectivity index (χ3v) is 2.19. The van der Waals surface area contributed by atoms with Crippen molar-refractivity contribution in [1.82, 2.24) is 0 Å². The Hall–Kier alpha value is -1.51. The minimum absolute atomic E-state index is 0.0777. The van der Waals surface area contributed by atoms with E-state index < -0.39 is 5.97 Å². The fraction of sp³-hybridized carbons (Fsp3) is 0.364. The van der Waals surface area contributed by atoms with Crippen molar-refractivity contribution in [3.8, 4) is 0 Å². The molecule has 0 spiro atoms. The van der Waals surface area contributed by atoms with Crippen LogP contribution in [0.1, 0.15) is 11.1 Å². The van der Waals surface area contributed by atoms with Gasteiger partial charge in [-0.2, -0.15) is 0 Å². The van der Waals surface area contributed by atoms with E-state index in [0.29, 0.717) is 0 Å². The molecule has 0 radical (unpaired) electrons. The van der Waals surface area contributed by atoms with Crippen LogP contribution in [0.4, 0.5) is 5.69 Å². The van der Waals surface area contributed by atoms with Gasteiger partial charge in [-0.1, -0.05) is 18.2 Å². The van der Waals surface area contributed by atoms with Crippen LogP contribution in [0.15, 0.2) is 18.2 Å². The van der Waals surface area contributed by atoms with Gasteiger partial charge in [0.15, 0.2) is 0 Å². The average molecular weight is 192 g/mol. The lowest BCUT2D eigenvalue weighted by Gasteiger charge is -2.23. The second-order valence-corrected chi connectivity index (χ2v) is 3.47. The number of nitrogens with zero attached hydrogens (tertiary/aromatic N) is 1. The van der Waals surface area contributed by atoms with Crippen LogP contribution in [0.25, 0.3) is 0 Å². The molecule has 0 aromatic heterocycles. The van der Waals surface area contributed by atoms with Crippen molar-refractivity contribution >= 4 is 11.7 Å². The molecule has 0 aliphatic heterocycles. The van der Waals surface area contributed by atoms with Gasteiger partial charge in [0.05, 0.1) is 12.5 Å². The fourth-order valence-corrected chi connectivity index (χ4v) is 1.68. The first-order valence-electron chi connectivity index (χ1n) is 4.49. The van der Waals surface area contributed by atoms with Crippen molar-refractivity contribution in [3.63, 3.8) is 0 Å². The van der Waals surface area contributed by atoms with Crippen LogP contribution < -0.4 is 10.0 Å². The molecular formula is C11H14NO2-. The lowest BCUT2D eigenvalue weighted by Crippen LogP contribution is -2.36. The molecule has 0 saturated heterocycles. The highest BCUT2D eigenvalue weighted by molar-refractivity contribution is 5.73. The van der Waals surface area contributed by atoms with Crippen LogP contribution in [-0.2, 0) is 4.79 Å². The summed E-state index contributed by atoms with van der Waals surface area (Å²) in [5.74, 6) is -1.06. The van der Waals surface area contributed by atoms with Crippen molar-refractivity contribution in [2.24, 2.45) is 0 Å². The third kappa shape index (κ3) is 2.25. The summed E-state index contributed by atoms with van der Waals surface area (Å²) in [6.45, 7) is 3.86. The van der Waals surface area contributed by atoms with E-state index in [4.69, 9.17) is 0 Å². The van der Waals surface area contributed by atoms with E-state index >= 15 is 0 Å². The molecule has 0 aliphatic carbocycles. The van der Waals surface area contributed by atoms with Crippen LogP contribution in [0.3, 0.4) is 0 Å². The van der Waals surface area contributed by atoms with Gasteiger partial charge in [0.2, 0.25) is 0 Å². The topological polar surface area (TPSA) is 43.4 Å². The minimum Gasteiger partial charge on any atom is -0.548 e. The van der Waals surface area contributed by atoms with E-state index in [9.17, 15) is 9.90 Å². The number of anilines is 1. The molecule has 76 valence electrons. The maximum Gasteiger partial charge on any atom is 0.0608 e. The highest BCUT2D eigenvalue weighted by Gasteiger charge is 2.06. The summed E-state index contributed by atoms with van der Waals surface area (Å²) in [5.41, 5.74) is 3.12. The first kappa shape index (κ1) is 10.6. The van der Waals surface area contributed by atoms with Gasteiger partial charge in [0.25, 0.3) is 0 Å². The van der Waals surface area contributed by atoms with Gasteiger partial charge in [0, 0.05) is 12.7 Å². The SMILES string of the molecule is Cc1cccc(C)c1N(C)CC(=O)[O-]. The molecule has 0 heterocycles. The molecule has 0 unspecified atom stereocenters. The summed E-state index contributed by atoms with van der Waals surface area (Å²) >= 11 is 0. The Labute approximate surface area is 84.0 Å². The Morgan fingerprint density at radius 1 is 1.36 bits per heavy atom. The number of rotatable bonds is 3. The first-order chi connectivity index (χ1) is 6.52. The molecule has 0 bridgehead atoms. The molecular weight excluding hydrogens is 178 g/mol. The zero-order valence-electron chi connectivity index (χ0n) is 8.70. The van der Waals surface area contributed by atoms with Crippen molar-refractivity contribution in [3.05, 3.63) is 29.3 Å². The summed E-state index contributed by atoms with van der Waals surface area (Å²) < 4.78 is 0. The number of aliphatic carboxylic acids is 1. The fourth-order valence-electron chi connectivity index (χ4n) is 1.68. The molecule has 0 aliphatic rings. The number of carbonyl (C=O) groups excluding carboxylic acids is 1. The Bertz CT molecular complexity index is 327. The van der Waals surface area contributed by atoms with Gasteiger partial charge in [-0.25, -0.2) is 0 Å². The molecule has 0 atom stereocenters. The normalized spacial score (nSPS) is 9.93. The number of carboxylic acid groups (broad SMARTS) is 1. The van der Waals surface area contributed by atoms with Crippen LogP contribution in [-0.4, -0.2) is 19.6 Å². The van der Waals surface area contributed by atoms with Crippen LogP contribution in [0.2, 0.25) is 0 Å². The van der Waals surface area contributed by atoms with Crippen LogP contribution >= 0.6 is 0 Å². The third-order valence-electron chi connectivity index (χ3n) is 2.19. The van der Waals surface area contributed by atoms with E-state index in [1.807, 2.05) is 32.0 Å². The summed E-state index contributed by atoms with van der Waals surface area (Å²) in [4.78, 5) is 12.1. The highest BCUT2D eigenvalue weighted by atomic mass is 16.4. The highest BCUT2D eigenvalue weighted by Crippen LogP contribution is 2.22. The van der Waals surface area contributed by atoms with Crippen molar-refractivity contribution in [1.29, 1.82) is 0 Å². The zero-order valence-corrected chi connectivity index (χ0v) is 8.70. The standard InChI is InChI=1S/C11H15NO2/c1-8-5-4-6-9(2)11(8)12(3)7-10(13)14/h4-6H,7H2,1-3H3,(H,13,14)/p-1. The number of likely N-dealkylation sites (N-methyl/N-ethyl adjacent to an activating group) is 1. The van der Waals surface area contributed by atoms with Crippen LogP contribution in [0, 0.1) is 13.8 Å². The number of benzene rings is 1. The first-order valence-corrected chi connectivity index (χ1v) is 4.49. The maximum atomic E-state index is 10.5. The van der Waals surface area contributed by atoms with Crippen molar-refractivity contribution < 1.29 is 9.90 Å². The van der Waals surface area contributed by atoms with Crippen molar-refractivity contribution in [2.75, 3.05) is 18.5 Å². The number of aryl methyl sites for hydroxylation is 2. The second-order valence-electron chi connectivity index (χ2n) is 3.47. The zero-order chi connectivity index (χ0) is 10.7. The average Bonchev–Trinajstić information content (AvgIpc) is 2.01. The minimum atomic E-state index is -1.06. The lowest BCUT2D eigenvalue weighted by molar-refractivity contribution is -0.303. The number of hydrogen-bond donors (Lipinski definition) is 0. The van der Waals surface area contributed by atoms with E-state index in [2.05, 4.69) is 0 Å². The Morgan fingerprint density at radius 2 is 1.86 bits per heavy atom. The lowest BCUT2D eigenvalue weighted by atomic mass is 10.1.